The summed E-state index contributed by atoms with van der Waals surface area (Å²) in [5, 5.41) is 3.26. The first-order valence-corrected chi connectivity index (χ1v) is 8.44. The lowest BCUT2D eigenvalue weighted by Gasteiger charge is -2.37. The number of piperidine rings is 1. The fraction of sp³-hybridized carbons (Fsp3) is 0.611. The highest BCUT2D eigenvalue weighted by Crippen LogP contribution is 2.50. The Bertz CT molecular complexity index is 621. The van der Waals surface area contributed by atoms with Crippen molar-refractivity contribution in [1.82, 2.24) is 10.2 Å². The van der Waals surface area contributed by atoms with Crippen molar-refractivity contribution in [2.75, 3.05) is 19.6 Å². The second-order valence-electron chi connectivity index (χ2n) is 7.13. The normalized spacial score (nSPS) is 24.2. The third kappa shape index (κ3) is 2.81. The molecule has 2 saturated heterocycles. The molecule has 0 radical (unpaired) electrons. The van der Waals surface area contributed by atoms with Crippen LogP contribution < -0.4 is 5.32 Å². The first-order valence-electron chi connectivity index (χ1n) is 8.44. The van der Waals surface area contributed by atoms with Crippen molar-refractivity contribution in [3.63, 3.8) is 0 Å². The van der Waals surface area contributed by atoms with Crippen molar-refractivity contribution in [2.24, 2.45) is 5.41 Å². The van der Waals surface area contributed by atoms with Crippen LogP contribution in [-0.2, 0) is 11.0 Å². The highest BCUT2D eigenvalue weighted by atomic mass is 19.4. The van der Waals surface area contributed by atoms with Gasteiger partial charge in [0.1, 0.15) is 0 Å². The molecule has 2 aliphatic rings. The molecular weight excluding hydrogens is 317 g/mol. The van der Waals surface area contributed by atoms with Crippen molar-refractivity contribution in [3.8, 4) is 0 Å². The second-order valence-corrected chi connectivity index (χ2v) is 7.13. The summed E-state index contributed by atoms with van der Waals surface area (Å²) in [4.78, 5) is 14.9. The van der Waals surface area contributed by atoms with Crippen LogP contribution in [0.2, 0.25) is 0 Å². The van der Waals surface area contributed by atoms with E-state index in [4.69, 9.17) is 0 Å². The zero-order valence-electron chi connectivity index (χ0n) is 14.0. The van der Waals surface area contributed by atoms with E-state index in [1.54, 1.807) is 6.07 Å². The van der Waals surface area contributed by atoms with E-state index in [2.05, 4.69) is 5.32 Å². The number of hydrogen-bond acceptors (Lipinski definition) is 2. The highest BCUT2D eigenvalue weighted by Gasteiger charge is 2.55. The first kappa shape index (κ1) is 17.3. The summed E-state index contributed by atoms with van der Waals surface area (Å²) in [6.45, 7) is 5.88. The molecule has 3 rings (SSSR count). The number of rotatable bonds is 2. The average Bonchev–Trinajstić information content (AvgIpc) is 2.81. The molecule has 2 aliphatic heterocycles. The minimum absolute atomic E-state index is 0.0556. The Labute approximate surface area is 140 Å². The number of carbonyl (C=O) groups excluding carboxylic acids is 1. The Morgan fingerprint density at radius 1 is 1.25 bits per heavy atom. The summed E-state index contributed by atoms with van der Waals surface area (Å²) in [7, 11) is 0. The molecule has 2 heterocycles. The maximum atomic E-state index is 13.1. The van der Waals surface area contributed by atoms with Gasteiger partial charge in [0.25, 0.3) is 0 Å². The average molecular weight is 340 g/mol. The summed E-state index contributed by atoms with van der Waals surface area (Å²) >= 11 is 0. The monoisotopic (exact) mass is 340 g/mol. The molecule has 1 spiro atoms. The smallest absolute Gasteiger partial charge is 0.339 e. The van der Waals surface area contributed by atoms with Gasteiger partial charge in [0.05, 0.1) is 11.0 Å². The third-order valence-electron chi connectivity index (χ3n) is 5.47. The second kappa shape index (κ2) is 6.06. The highest BCUT2D eigenvalue weighted by molar-refractivity contribution is 5.87. The van der Waals surface area contributed by atoms with Gasteiger partial charge < -0.3 is 10.2 Å². The van der Waals surface area contributed by atoms with Gasteiger partial charge in [-0.25, -0.2) is 0 Å². The van der Waals surface area contributed by atoms with Crippen molar-refractivity contribution in [1.29, 1.82) is 0 Å². The number of amides is 1. The molecular formula is C18H23F3N2O. The number of likely N-dealkylation sites (tertiary alicyclic amines) is 1. The molecule has 0 aliphatic carbocycles. The SMILES string of the molecule is CC(C)N1C[C@@H](c2cccc(C(F)(F)F)c2)C2(CCNCC2)C1=O. The molecule has 1 N–H and O–H groups in total. The fourth-order valence-electron chi connectivity index (χ4n) is 4.13. The van der Waals surface area contributed by atoms with Gasteiger partial charge in [0.15, 0.2) is 0 Å². The van der Waals surface area contributed by atoms with Gasteiger partial charge in [-0.2, -0.15) is 13.2 Å². The first-order chi connectivity index (χ1) is 11.3. The van der Waals surface area contributed by atoms with Crippen LogP contribution in [0.15, 0.2) is 24.3 Å². The number of halogens is 3. The maximum absolute atomic E-state index is 13.1. The molecule has 6 heteroatoms. The van der Waals surface area contributed by atoms with Crippen LogP contribution in [0.1, 0.15) is 43.7 Å². The Balaban J connectivity index is 2.03. The standard InChI is InChI=1S/C18H23F3N2O/c1-12(2)23-11-15(17(16(23)24)6-8-22-9-7-17)13-4-3-5-14(10-13)18(19,20)21/h3-5,10,12,15,22H,6-9,11H2,1-2H3/t15-/m0/s1. The Morgan fingerprint density at radius 3 is 2.50 bits per heavy atom. The molecule has 2 fully saturated rings. The van der Waals surface area contributed by atoms with Crippen LogP contribution in [0.4, 0.5) is 13.2 Å². The molecule has 1 amide bonds. The lowest BCUT2D eigenvalue weighted by atomic mass is 9.68. The fourth-order valence-corrected chi connectivity index (χ4v) is 4.13. The number of benzene rings is 1. The Hall–Kier alpha value is -1.56. The predicted octanol–water partition coefficient (Wildman–Crippen LogP) is 3.41. The number of nitrogens with one attached hydrogen (secondary N) is 1. The van der Waals surface area contributed by atoms with E-state index >= 15 is 0 Å². The largest absolute Gasteiger partial charge is 0.416 e. The van der Waals surface area contributed by atoms with E-state index in [1.807, 2.05) is 18.7 Å². The van der Waals surface area contributed by atoms with Crippen LogP contribution in [-0.4, -0.2) is 36.5 Å². The van der Waals surface area contributed by atoms with E-state index in [1.165, 1.54) is 12.1 Å². The van der Waals surface area contributed by atoms with Gasteiger partial charge in [0, 0.05) is 18.5 Å². The molecule has 1 aromatic rings. The predicted molar refractivity (Wildman–Crippen MR) is 85.6 cm³/mol. The van der Waals surface area contributed by atoms with E-state index in [9.17, 15) is 18.0 Å². The zero-order chi connectivity index (χ0) is 17.5. The molecule has 1 atom stereocenters. The lowest BCUT2D eigenvalue weighted by Crippen LogP contribution is -2.45. The Kier molecular flexibility index (Phi) is 4.36. The molecule has 3 nitrogen and oxygen atoms in total. The third-order valence-corrected chi connectivity index (χ3v) is 5.47. The molecule has 132 valence electrons. The van der Waals surface area contributed by atoms with Gasteiger partial charge >= 0.3 is 6.18 Å². The van der Waals surface area contributed by atoms with Crippen LogP contribution in [0.25, 0.3) is 0 Å². The van der Waals surface area contributed by atoms with Crippen molar-refractivity contribution in [2.45, 2.75) is 44.8 Å². The van der Waals surface area contributed by atoms with Crippen molar-refractivity contribution >= 4 is 5.91 Å². The molecule has 24 heavy (non-hydrogen) atoms. The summed E-state index contributed by atoms with van der Waals surface area (Å²) in [5.74, 6) is -0.0850. The summed E-state index contributed by atoms with van der Waals surface area (Å²) < 4.78 is 39.2. The van der Waals surface area contributed by atoms with Gasteiger partial charge in [-0.3, -0.25) is 4.79 Å². The summed E-state index contributed by atoms with van der Waals surface area (Å²) in [6, 6.07) is 5.57. The van der Waals surface area contributed by atoms with Gasteiger partial charge in [-0.05, 0) is 51.4 Å². The molecule has 1 aromatic carbocycles. The Morgan fingerprint density at radius 2 is 1.92 bits per heavy atom. The van der Waals surface area contributed by atoms with Gasteiger partial charge in [-0.15, -0.1) is 0 Å². The van der Waals surface area contributed by atoms with Crippen molar-refractivity contribution in [3.05, 3.63) is 35.4 Å². The quantitative estimate of drug-likeness (QED) is 0.895. The number of hydrogen-bond donors (Lipinski definition) is 1. The van der Waals surface area contributed by atoms with E-state index in [0.717, 1.165) is 19.2 Å². The van der Waals surface area contributed by atoms with Gasteiger partial charge in [-0.1, -0.05) is 18.2 Å². The van der Waals surface area contributed by atoms with Crippen LogP contribution in [0, 0.1) is 5.41 Å². The van der Waals surface area contributed by atoms with Crippen molar-refractivity contribution < 1.29 is 18.0 Å². The molecule has 0 saturated carbocycles. The summed E-state index contributed by atoms with van der Waals surface area (Å²) in [6.07, 6.45) is -3.01. The molecule has 0 unspecified atom stereocenters. The van der Waals surface area contributed by atoms with E-state index in [0.29, 0.717) is 24.9 Å². The minimum atomic E-state index is -4.36. The molecule has 0 aromatic heterocycles. The number of nitrogens with zero attached hydrogens (tertiary/aromatic N) is 1. The van der Waals surface area contributed by atoms with Crippen LogP contribution in [0.3, 0.4) is 0 Å². The molecule has 0 bridgehead atoms. The number of alkyl halides is 3. The van der Waals surface area contributed by atoms with E-state index < -0.39 is 17.2 Å². The summed E-state index contributed by atoms with van der Waals surface area (Å²) in [5.41, 5.74) is -0.581. The van der Waals surface area contributed by atoms with Crippen LogP contribution in [0.5, 0.6) is 0 Å². The van der Waals surface area contributed by atoms with Gasteiger partial charge in [0.2, 0.25) is 5.91 Å². The van der Waals surface area contributed by atoms with E-state index in [-0.39, 0.29) is 17.9 Å². The lowest BCUT2D eigenvalue weighted by molar-refractivity contribution is -0.139. The van der Waals surface area contributed by atoms with Crippen LogP contribution >= 0.6 is 0 Å². The minimum Gasteiger partial charge on any atom is -0.339 e. The maximum Gasteiger partial charge on any atom is 0.416 e. The zero-order valence-corrected chi connectivity index (χ0v) is 14.0. The number of carbonyl (C=O) groups is 1. The topological polar surface area (TPSA) is 32.3 Å².